The maximum atomic E-state index is 12.9. The monoisotopic (exact) mass is 452 g/mol. The van der Waals surface area contributed by atoms with Crippen LogP contribution in [0.5, 0.6) is 0 Å². The van der Waals surface area contributed by atoms with E-state index in [4.69, 9.17) is 0 Å². The van der Waals surface area contributed by atoms with Crippen molar-refractivity contribution in [2.45, 2.75) is 43.2 Å². The summed E-state index contributed by atoms with van der Waals surface area (Å²) >= 11 is 0. The van der Waals surface area contributed by atoms with Gasteiger partial charge in [-0.3, -0.25) is 15.0 Å². The lowest BCUT2D eigenvalue weighted by molar-refractivity contribution is -0.384. The number of halogens is 3. The normalized spacial score (nSPS) is 16.4. The fraction of sp³-hybridized carbons (Fsp3) is 0.667. The molecule has 1 heterocycles. The van der Waals surface area contributed by atoms with Crippen LogP contribution in [0.3, 0.4) is 0 Å². The number of sulfonamides is 1. The highest BCUT2D eigenvalue weighted by Gasteiger charge is 2.29. The number of nitrogens with one attached hydrogen (secondary N) is 1. The van der Waals surface area contributed by atoms with Crippen LogP contribution in [0, 0.1) is 10.1 Å². The molecule has 0 unspecified atom stereocenters. The average Bonchev–Trinajstić information content (AvgIpc) is 2.93. The second-order valence-electron chi connectivity index (χ2n) is 7.39. The number of benzene rings is 1. The van der Waals surface area contributed by atoms with Crippen LogP contribution in [-0.4, -0.2) is 68.5 Å². The zero-order valence-electron chi connectivity index (χ0n) is 16.8. The number of nitro benzene ring substituents is 1. The average molecular weight is 452 g/mol. The van der Waals surface area contributed by atoms with Crippen LogP contribution in [-0.2, 0) is 10.0 Å². The van der Waals surface area contributed by atoms with E-state index in [1.165, 1.54) is 23.5 Å². The molecule has 0 aliphatic carbocycles. The minimum Gasteiger partial charge on any atom is -0.379 e. The predicted octanol–water partition coefficient (Wildman–Crippen LogP) is 3.46. The van der Waals surface area contributed by atoms with Crippen LogP contribution in [0.2, 0.25) is 0 Å². The van der Waals surface area contributed by atoms with Gasteiger partial charge in [0.25, 0.3) is 5.69 Å². The summed E-state index contributed by atoms with van der Waals surface area (Å²) in [7, 11) is -2.48. The Bertz CT molecular complexity index is 825. The predicted molar refractivity (Wildman–Crippen MR) is 107 cm³/mol. The SMILES string of the molecule is CN(CCCNc1ccc(S(=O)(=O)N2CCCCCC2)cc1[N+](=O)[O-])CC(F)(F)F. The summed E-state index contributed by atoms with van der Waals surface area (Å²) < 4.78 is 64.1. The Morgan fingerprint density at radius 1 is 1.20 bits per heavy atom. The van der Waals surface area contributed by atoms with Crippen molar-refractivity contribution in [2.75, 3.05) is 45.1 Å². The minimum absolute atomic E-state index is 0.133. The second kappa shape index (κ2) is 10.4. The molecule has 0 aromatic heterocycles. The van der Waals surface area contributed by atoms with Gasteiger partial charge in [-0.2, -0.15) is 17.5 Å². The molecule has 0 amide bonds. The Morgan fingerprint density at radius 2 is 1.83 bits per heavy atom. The smallest absolute Gasteiger partial charge is 0.379 e. The fourth-order valence-corrected chi connectivity index (χ4v) is 4.90. The van der Waals surface area contributed by atoms with Gasteiger partial charge in [0.15, 0.2) is 0 Å². The van der Waals surface area contributed by atoms with Gasteiger partial charge in [-0.15, -0.1) is 0 Å². The zero-order valence-corrected chi connectivity index (χ0v) is 17.6. The Labute approximate surface area is 174 Å². The molecule has 1 fully saturated rings. The minimum atomic E-state index is -4.28. The summed E-state index contributed by atoms with van der Waals surface area (Å²) in [4.78, 5) is 11.8. The number of nitro groups is 1. The largest absolute Gasteiger partial charge is 0.401 e. The number of hydrogen-bond acceptors (Lipinski definition) is 6. The summed E-state index contributed by atoms with van der Waals surface area (Å²) in [6.45, 7) is 0.113. The van der Waals surface area contributed by atoms with E-state index in [1.54, 1.807) is 0 Å². The number of alkyl halides is 3. The zero-order chi connectivity index (χ0) is 22.4. The van der Waals surface area contributed by atoms with E-state index < -0.39 is 27.7 Å². The molecule has 1 aromatic rings. The van der Waals surface area contributed by atoms with Crippen molar-refractivity contribution < 1.29 is 26.5 Å². The third-order valence-electron chi connectivity index (χ3n) is 4.85. The highest BCUT2D eigenvalue weighted by molar-refractivity contribution is 7.89. The van der Waals surface area contributed by atoms with Crippen LogP contribution in [0.15, 0.2) is 23.1 Å². The standard InChI is InChI=1S/C18H27F3N4O4S/c1-23(14-18(19,20)21)10-6-9-22-16-8-7-15(13-17(16)25(26)27)30(28,29)24-11-4-2-3-5-12-24/h7-8,13,22H,2-6,9-12,14H2,1H3. The molecule has 0 bridgehead atoms. The molecule has 0 radical (unpaired) electrons. The van der Waals surface area contributed by atoms with E-state index >= 15 is 0 Å². The van der Waals surface area contributed by atoms with Crippen molar-refractivity contribution >= 4 is 21.4 Å². The van der Waals surface area contributed by atoms with Gasteiger partial charge in [-0.05, 0) is 45.0 Å². The molecule has 8 nitrogen and oxygen atoms in total. The van der Waals surface area contributed by atoms with Crippen molar-refractivity contribution in [3.05, 3.63) is 28.3 Å². The van der Waals surface area contributed by atoms with Crippen LogP contribution < -0.4 is 5.32 Å². The maximum Gasteiger partial charge on any atom is 0.401 e. The molecule has 170 valence electrons. The molecule has 12 heteroatoms. The highest BCUT2D eigenvalue weighted by atomic mass is 32.2. The third kappa shape index (κ3) is 7.10. The van der Waals surface area contributed by atoms with Crippen LogP contribution in [0.4, 0.5) is 24.5 Å². The Kier molecular flexibility index (Phi) is 8.44. The van der Waals surface area contributed by atoms with Gasteiger partial charge in [-0.25, -0.2) is 8.42 Å². The van der Waals surface area contributed by atoms with Crippen molar-refractivity contribution in [1.82, 2.24) is 9.21 Å². The first kappa shape index (κ1) is 24.4. The maximum absolute atomic E-state index is 12.9. The van der Waals surface area contributed by atoms with E-state index in [-0.39, 0.29) is 29.4 Å². The van der Waals surface area contributed by atoms with E-state index in [0.29, 0.717) is 19.5 Å². The van der Waals surface area contributed by atoms with Gasteiger partial charge in [0.1, 0.15) is 5.69 Å². The molecule has 1 aromatic carbocycles. The topological polar surface area (TPSA) is 95.8 Å². The molecular weight excluding hydrogens is 425 g/mol. The molecular formula is C18H27F3N4O4S. The number of hydrogen-bond donors (Lipinski definition) is 1. The van der Waals surface area contributed by atoms with Gasteiger partial charge in [0.05, 0.1) is 16.4 Å². The first-order valence-corrected chi connectivity index (χ1v) is 11.2. The van der Waals surface area contributed by atoms with Crippen molar-refractivity contribution in [3.63, 3.8) is 0 Å². The quantitative estimate of drug-likeness (QED) is 0.350. The first-order valence-electron chi connectivity index (χ1n) is 9.78. The van der Waals surface area contributed by atoms with Crippen LogP contribution in [0.25, 0.3) is 0 Å². The van der Waals surface area contributed by atoms with Crippen LogP contribution in [0.1, 0.15) is 32.1 Å². The fourth-order valence-electron chi connectivity index (χ4n) is 3.36. The molecule has 2 rings (SSSR count). The van der Waals surface area contributed by atoms with Gasteiger partial charge in [-0.1, -0.05) is 12.8 Å². The number of nitrogens with zero attached hydrogens (tertiary/aromatic N) is 3. The molecule has 1 aliphatic rings. The first-order chi connectivity index (χ1) is 14.0. The van der Waals surface area contributed by atoms with Gasteiger partial charge >= 0.3 is 6.18 Å². The van der Waals surface area contributed by atoms with Crippen LogP contribution >= 0.6 is 0 Å². The lowest BCUT2D eigenvalue weighted by Gasteiger charge is -2.20. The Morgan fingerprint density at radius 3 is 2.40 bits per heavy atom. The molecule has 1 saturated heterocycles. The van der Waals surface area contributed by atoms with Gasteiger partial charge in [0, 0.05) is 25.7 Å². The highest BCUT2D eigenvalue weighted by Crippen LogP contribution is 2.30. The Hall–Kier alpha value is -1.92. The molecule has 1 aliphatic heterocycles. The summed E-state index contributed by atoms with van der Waals surface area (Å²) in [6.07, 6.45) is -0.541. The Balaban J connectivity index is 2.05. The lowest BCUT2D eigenvalue weighted by Crippen LogP contribution is -2.32. The summed E-state index contributed by atoms with van der Waals surface area (Å²) in [5, 5.41) is 14.3. The molecule has 0 saturated carbocycles. The van der Waals surface area contributed by atoms with E-state index in [1.807, 2.05) is 0 Å². The molecule has 0 atom stereocenters. The van der Waals surface area contributed by atoms with Crippen molar-refractivity contribution in [1.29, 1.82) is 0 Å². The summed E-state index contributed by atoms with van der Waals surface area (Å²) in [5.41, 5.74) is -0.247. The molecule has 1 N–H and O–H groups in total. The third-order valence-corrected chi connectivity index (χ3v) is 6.74. The van der Waals surface area contributed by atoms with Crippen molar-refractivity contribution in [3.8, 4) is 0 Å². The number of rotatable bonds is 9. The van der Waals surface area contributed by atoms with E-state index in [9.17, 15) is 31.7 Å². The lowest BCUT2D eigenvalue weighted by atomic mass is 10.2. The van der Waals surface area contributed by atoms with Crippen molar-refractivity contribution in [2.24, 2.45) is 0 Å². The molecule has 0 spiro atoms. The summed E-state index contributed by atoms with van der Waals surface area (Å²) in [6, 6.07) is 3.70. The van der Waals surface area contributed by atoms with Gasteiger partial charge < -0.3 is 5.32 Å². The second-order valence-corrected chi connectivity index (χ2v) is 9.33. The summed E-state index contributed by atoms with van der Waals surface area (Å²) in [5.74, 6) is 0. The molecule has 30 heavy (non-hydrogen) atoms. The van der Waals surface area contributed by atoms with E-state index in [0.717, 1.165) is 36.6 Å². The van der Waals surface area contributed by atoms with E-state index in [2.05, 4.69) is 5.32 Å². The number of anilines is 1. The van der Waals surface area contributed by atoms with Gasteiger partial charge in [0.2, 0.25) is 10.0 Å².